The van der Waals surface area contributed by atoms with Crippen LogP contribution in [0.3, 0.4) is 0 Å². The molecule has 0 radical (unpaired) electrons. The molecule has 30 heavy (non-hydrogen) atoms. The highest BCUT2D eigenvalue weighted by atomic mass is 19.4. The van der Waals surface area contributed by atoms with Gasteiger partial charge in [-0.3, -0.25) is 4.79 Å². The summed E-state index contributed by atoms with van der Waals surface area (Å²) in [6.45, 7) is 3.64. The Balaban J connectivity index is 1.84. The minimum Gasteiger partial charge on any atom is -0.380 e. The van der Waals surface area contributed by atoms with E-state index in [4.69, 9.17) is 4.74 Å². The van der Waals surface area contributed by atoms with Gasteiger partial charge in [-0.1, -0.05) is 18.2 Å². The first-order chi connectivity index (χ1) is 14.2. The van der Waals surface area contributed by atoms with Crippen LogP contribution >= 0.6 is 0 Å². The van der Waals surface area contributed by atoms with Crippen molar-refractivity contribution in [3.8, 4) is 5.69 Å². The molecular formula is C22H22F3N3O2. The normalized spacial score (nSPS) is 11.5. The molecule has 1 N–H and O–H groups in total. The Labute approximate surface area is 172 Å². The summed E-state index contributed by atoms with van der Waals surface area (Å²) in [7, 11) is 1.54. The minimum absolute atomic E-state index is 0.0193. The molecule has 3 rings (SSSR count). The van der Waals surface area contributed by atoms with Crippen LogP contribution in [0.2, 0.25) is 0 Å². The number of aromatic nitrogens is 2. The molecule has 0 atom stereocenters. The summed E-state index contributed by atoms with van der Waals surface area (Å²) in [5, 5.41) is 6.81. The highest BCUT2D eigenvalue weighted by Gasteiger charge is 2.34. The van der Waals surface area contributed by atoms with Crippen molar-refractivity contribution in [1.82, 2.24) is 15.1 Å². The van der Waals surface area contributed by atoms with Crippen LogP contribution < -0.4 is 5.32 Å². The van der Waals surface area contributed by atoms with Crippen LogP contribution in [0.5, 0.6) is 0 Å². The smallest absolute Gasteiger partial charge is 0.380 e. The Kier molecular flexibility index (Phi) is 6.26. The molecule has 1 aromatic heterocycles. The Hall–Kier alpha value is -3.13. The maximum atomic E-state index is 13.7. The summed E-state index contributed by atoms with van der Waals surface area (Å²) in [5.41, 5.74) is 2.10. The zero-order valence-corrected chi connectivity index (χ0v) is 16.9. The average molecular weight is 417 g/mol. The van der Waals surface area contributed by atoms with Crippen molar-refractivity contribution in [2.24, 2.45) is 0 Å². The molecule has 0 aliphatic rings. The molecule has 0 spiro atoms. The van der Waals surface area contributed by atoms with Crippen molar-refractivity contribution >= 4 is 5.91 Å². The third-order valence-corrected chi connectivity index (χ3v) is 4.59. The van der Waals surface area contributed by atoms with Gasteiger partial charge in [-0.15, -0.1) is 0 Å². The van der Waals surface area contributed by atoms with Crippen LogP contribution in [0.15, 0.2) is 48.5 Å². The number of carbonyl (C=O) groups excluding carboxylic acids is 1. The number of rotatable bonds is 6. The number of carbonyl (C=O) groups is 1. The molecule has 1 heterocycles. The van der Waals surface area contributed by atoms with Gasteiger partial charge in [0.05, 0.1) is 23.6 Å². The number of nitrogens with one attached hydrogen (secondary N) is 1. The Morgan fingerprint density at radius 2 is 1.90 bits per heavy atom. The highest BCUT2D eigenvalue weighted by Crippen LogP contribution is 2.33. The molecule has 158 valence electrons. The van der Waals surface area contributed by atoms with Gasteiger partial charge in [-0.25, -0.2) is 4.68 Å². The van der Waals surface area contributed by atoms with E-state index >= 15 is 0 Å². The molecule has 8 heteroatoms. The van der Waals surface area contributed by atoms with Gasteiger partial charge < -0.3 is 10.1 Å². The number of benzene rings is 2. The van der Waals surface area contributed by atoms with E-state index in [0.717, 1.165) is 17.3 Å². The molecule has 0 aliphatic heterocycles. The van der Waals surface area contributed by atoms with E-state index in [-0.39, 0.29) is 12.1 Å². The lowest BCUT2D eigenvalue weighted by Gasteiger charge is -2.16. The van der Waals surface area contributed by atoms with Crippen molar-refractivity contribution in [3.05, 3.63) is 82.2 Å². The molecule has 0 aliphatic carbocycles. The third kappa shape index (κ3) is 4.88. The standard InChI is InChI=1S/C22H22F3N3O2/c1-14-9-15(2)28(27-14)19-8-7-18(20(11-19)22(23,24)25)12-26-21(29)17-6-4-5-16(10-17)13-30-3/h4-11H,12-13H2,1-3H3,(H,26,29). The summed E-state index contributed by atoms with van der Waals surface area (Å²) in [6, 6.07) is 12.5. The molecule has 0 unspecified atom stereocenters. The zero-order valence-electron chi connectivity index (χ0n) is 16.9. The predicted molar refractivity (Wildman–Crippen MR) is 106 cm³/mol. The van der Waals surface area contributed by atoms with E-state index in [1.165, 1.54) is 10.7 Å². The van der Waals surface area contributed by atoms with Crippen molar-refractivity contribution < 1.29 is 22.7 Å². The first kappa shape index (κ1) is 21.6. The van der Waals surface area contributed by atoms with E-state index in [9.17, 15) is 18.0 Å². The number of aryl methyl sites for hydroxylation is 2. The maximum absolute atomic E-state index is 13.7. The van der Waals surface area contributed by atoms with E-state index in [1.54, 1.807) is 57.4 Å². The van der Waals surface area contributed by atoms with E-state index < -0.39 is 17.6 Å². The molecule has 0 saturated heterocycles. The Bertz CT molecular complexity index is 1060. The van der Waals surface area contributed by atoms with Gasteiger partial charge >= 0.3 is 6.18 Å². The largest absolute Gasteiger partial charge is 0.416 e. The fourth-order valence-corrected chi connectivity index (χ4v) is 3.25. The molecule has 0 bridgehead atoms. The first-order valence-corrected chi connectivity index (χ1v) is 9.29. The Morgan fingerprint density at radius 1 is 1.13 bits per heavy atom. The lowest BCUT2D eigenvalue weighted by molar-refractivity contribution is -0.138. The van der Waals surface area contributed by atoms with Gasteiger partial charge in [-0.2, -0.15) is 18.3 Å². The number of hydrogen-bond donors (Lipinski definition) is 1. The highest BCUT2D eigenvalue weighted by molar-refractivity contribution is 5.94. The van der Waals surface area contributed by atoms with E-state index in [0.29, 0.717) is 23.6 Å². The zero-order chi connectivity index (χ0) is 21.9. The lowest BCUT2D eigenvalue weighted by Crippen LogP contribution is -2.25. The summed E-state index contributed by atoms with van der Waals surface area (Å²) >= 11 is 0. The summed E-state index contributed by atoms with van der Waals surface area (Å²) in [5.74, 6) is -0.455. The molecule has 3 aromatic rings. The molecule has 5 nitrogen and oxygen atoms in total. The van der Waals surface area contributed by atoms with Crippen molar-refractivity contribution in [1.29, 1.82) is 0 Å². The van der Waals surface area contributed by atoms with E-state index in [1.807, 2.05) is 0 Å². The molecule has 0 saturated carbocycles. The van der Waals surface area contributed by atoms with Crippen LogP contribution in [-0.2, 0) is 24.1 Å². The fraction of sp³-hybridized carbons (Fsp3) is 0.273. The van der Waals surface area contributed by atoms with Crippen LogP contribution in [0.25, 0.3) is 5.69 Å². The van der Waals surface area contributed by atoms with Gasteiger partial charge in [0.15, 0.2) is 0 Å². The Morgan fingerprint density at radius 3 is 2.53 bits per heavy atom. The van der Waals surface area contributed by atoms with Gasteiger partial charge in [0.1, 0.15) is 0 Å². The number of hydrogen-bond acceptors (Lipinski definition) is 3. The van der Waals surface area contributed by atoms with Crippen LogP contribution in [0.1, 0.15) is 38.4 Å². The number of alkyl halides is 3. The SMILES string of the molecule is COCc1cccc(C(=O)NCc2ccc(-n3nc(C)cc3C)cc2C(F)(F)F)c1. The number of amides is 1. The van der Waals surface area contributed by atoms with Crippen LogP contribution in [-0.4, -0.2) is 22.8 Å². The van der Waals surface area contributed by atoms with Crippen LogP contribution in [0, 0.1) is 13.8 Å². The van der Waals surface area contributed by atoms with Gasteiger partial charge in [0, 0.05) is 24.9 Å². The number of methoxy groups -OCH3 is 1. The quantitative estimate of drug-likeness (QED) is 0.639. The average Bonchev–Trinajstić information content (AvgIpc) is 3.04. The molecular weight excluding hydrogens is 395 g/mol. The summed E-state index contributed by atoms with van der Waals surface area (Å²) in [6.07, 6.45) is -4.56. The second-order valence-corrected chi connectivity index (χ2v) is 6.99. The van der Waals surface area contributed by atoms with E-state index in [2.05, 4.69) is 10.4 Å². The predicted octanol–water partition coefficient (Wildman–Crippen LogP) is 4.58. The van der Waals surface area contributed by atoms with Crippen molar-refractivity contribution in [2.45, 2.75) is 33.2 Å². The topological polar surface area (TPSA) is 56.1 Å². The second kappa shape index (κ2) is 8.71. The monoisotopic (exact) mass is 417 g/mol. The third-order valence-electron chi connectivity index (χ3n) is 4.59. The number of nitrogens with zero attached hydrogens (tertiary/aromatic N) is 2. The number of ether oxygens (including phenoxy) is 1. The van der Waals surface area contributed by atoms with Crippen molar-refractivity contribution in [2.75, 3.05) is 7.11 Å². The van der Waals surface area contributed by atoms with Gasteiger partial charge in [0.25, 0.3) is 5.91 Å². The first-order valence-electron chi connectivity index (χ1n) is 9.29. The molecule has 0 fully saturated rings. The minimum atomic E-state index is -4.56. The maximum Gasteiger partial charge on any atom is 0.416 e. The molecule has 2 aromatic carbocycles. The number of halogens is 3. The fourth-order valence-electron chi connectivity index (χ4n) is 3.25. The van der Waals surface area contributed by atoms with Gasteiger partial charge in [-0.05, 0) is 55.3 Å². The summed E-state index contributed by atoms with van der Waals surface area (Å²) < 4.78 is 47.5. The van der Waals surface area contributed by atoms with Gasteiger partial charge in [0.2, 0.25) is 0 Å². The van der Waals surface area contributed by atoms with Crippen molar-refractivity contribution in [3.63, 3.8) is 0 Å². The van der Waals surface area contributed by atoms with Crippen LogP contribution in [0.4, 0.5) is 13.2 Å². The lowest BCUT2D eigenvalue weighted by atomic mass is 10.1. The molecule has 1 amide bonds. The second-order valence-electron chi connectivity index (χ2n) is 6.99. The summed E-state index contributed by atoms with van der Waals surface area (Å²) in [4.78, 5) is 12.4.